The van der Waals surface area contributed by atoms with Crippen LogP contribution in [0.15, 0.2) is 24.3 Å². The molecule has 16 heavy (non-hydrogen) atoms. The SMILES string of the molecule is Cc1cccc(C(=O)N2CCC[C@H]2CN)c1. The number of likely N-dealkylation sites (tertiary alicyclic amines) is 1. The van der Waals surface area contributed by atoms with Gasteiger partial charge in [-0.2, -0.15) is 0 Å². The molecule has 1 fully saturated rings. The Bertz CT molecular complexity index is 389. The van der Waals surface area contributed by atoms with Gasteiger partial charge >= 0.3 is 0 Å². The predicted octanol–water partition coefficient (Wildman–Crippen LogP) is 1.56. The number of amides is 1. The number of rotatable bonds is 2. The molecule has 0 spiro atoms. The van der Waals surface area contributed by atoms with E-state index in [1.165, 1.54) is 0 Å². The molecule has 3 nitrogen and oxygen atoms in total. The molecule has 0 unspecified atom stereocenters. The first-order valence-corrected chi connectivity index (χ1v) is 5.80. The van der Waals surface area contributed by atoms with Crippen molar-refractivity contribution in [1.29, 1.82) is 0 Å². The highest BCUT2D eigenvalue weighted by Crippen LogP contribution is 2.19. The van der Waals surface area contributed by atoms with Gasteiger partial charge in [0.2, 0.25) is 0 Å². The maximum absolute atomic E-state index is 12.2. The topological polar surface area (TPSA) is 46.3 Å². The summed E-state index contributed by atoms with van der Waals surface area (Å²) in [5.41, 5.74) is 7.57. The molecule has 0 radical (unpaired) electrons. The standard InChI is InChI=1S/C13H18N2O/c1-10-4-2-5-11(8-10)13(16)15-7-3-6-12(15)9-14/h2,4-5,8,12H,3,6-7,9,14H2,1H3/t12-/m0/s1. The van der Waals surface area contributed by atoms with Gasteiger partial charge in [0.15, 0.2) is 0 Å². The molecule has 1 atom stereocenters. The van der Waals surface area contributed by atoms with Crippen LogP contribution in [0.25, 0.3) is 0 Å². The summed E-state index contributed by atoms with van der Waals surface area (Å²) in [6.07, 6.45) is 2.10. The molecule has 1 aliphatic heterocycles. The van der Waals surface area contributed by atoms with Crippen LogP contribution >= 0.6 is 0 Å². The van der Waals surface area contributed by atoms with Gasteiger partial charge in [-0.3, -0.25) is 4.79 Å². The van der Waals surface area contributed by atoms with Gasteiger partial charge in [0, 0.05) is 24.7 Å². The third-order valence-electron chi connectivity index (χ3n) is 3.18. The smallest absolute Gasteiger partial charge is 0.254 e. The minimum atomic E-state index is 0.122. The third-order valence-corrected chi connectivity index (χ3v) is 3.18. The predicted molar refractivity (Wildman–Crippen MR) is 64.3 cm³/mol. The fourth-order valence-electron chi connectivity index (χ4n) is 2.29. The monoisotopic (exact) mass is 218 g/mol. The summed E-state index contributed by atoms with van der Waals surface area (Å²) in [4.78, 5) is 14.2. The normalized spacial score (nSPS) is 20.1. The van der Waals surface area contributed by atoms with Gasteiger partial charge < -0.3 is 10.6 Å². The summed E-state index contributed by atoms with van der Waals surface area (Å²) in [6.45, 7) is 3.41. The number of hydrogen-bond donors (Lipinski definition) is 1. The molecule has 1 aromatic carbocycles. The van der Waals surface area contributed by atoms with E-state index in [0.717, 1.165) is 30.5 Å². The van der Waals surface area contributed by atoms with E-state index in [4.69, 9.17) is 5.73 Å². The zero-order valence-electron chi connectivity index (χ0n) is 9.65. The number of aryl methyl sites for hydroxylation is 1. The van der Waals surface area contributed by atoms with E-state index in [2.05, 4.69) is 0 Å². The Morgan fingerprint density at radius 3 is 3.06 bits per heavy atom. The minimum absolute atomic E-state index is 0.122. The van der Waals surface area contributed by atoms with E-state index in [1.807, 2.05) is 36.1 Å². The molecule has 0 bridgehead atoms. The molecular weight excluding hydrogens is 200 g/mol. The number of carbonyl (C=O) groups excluding carboxylic acids is 1. The third kappa shape index (κ3) is 2.09. The Morgan fingerprint density at radius 2 is 2.38 bits per heavy atom. The van der Waals surface area contributed by atoms with Crippen molar-refractivity contribution in [1.82, 2.24) is 4.90 Å². The van der Waals surface area contributed by atoms with Crippen LogP contribution in [0, 0.1) is 6.92 Å². The Labute approximate surface area is 96.2 Å². The maximum Gasteiger partial charge on any atom is 0.254 e. The molecule has 2 N–H and O–H groups in total. The summed E-state index contributed by atoms with van der Waals surface area (Å²) >= 11 is 0. The van der Waals surface area contributed by atoms with Crippen molar-refractivity contribution in [3.8, 4) is 0 Å². The fraction of sp³-hybridized carbons (Fsp3) is 0.462. The Hall–Kier alpha value is -1.35. The number of hydrogen-bond acceptors (Lipinski definition) is 2. The molecule has 0 saturated carbocycles. The van der Waals surface area contributed by atoms with Crippen LogP contribution in [0.4, 0.5) is 0 Å². The van der Waals surface area contributed by atoms with Crippen molar-refractivity contribution in [2.45, 2.75) is 25.8 Å². The quantitative estimate of drug-likeness (QED) is 0.818. The summed E-state index contributed by atoms with van der Waals surface area (Å²) in [5, 5.41) is 0. The minimum Gasteiger partial charge on any atom is -0.334 e. The molecule has 86 valence electrons. The van der Waals surface area contributed by atoms with E-state index in [0.29, 0.717) is 6.54 Å². The lowest BCUT2D eigenvalue weighted by Crippen LogP contribution is -2.39. The Balaban J connectivity index is 2.18. The van der Waals surface area contributed by atoms with Gasteiger partial charge in [0.05, 0.1) is 0 Å². The highest BCUT2D eigenvalue weighted by molar-refractivity contribution is 5.94. The molecule has 1 aliphatic rings. The zero-order valence-corrected chi connectivity index (χ0v) is 9.65. The average molecular weight is 218 g/mol. The second-order valence-corrected chi connectivity index (χ2v) is 4.40. The first-order chi connectivity index (χ1) is 7.72. The highest BCUT2D eigenvalue weighted by Gasteiger charge is 2.28. The molecule has 1 saturated heterocycles. The van der Waals surface area contributed by atoms with E-state index in [1.54, 1.807) is 0 Å². The highest BCUT2D eigenvalue weighted by atomic mass is 16.2. The zero-order chi connectivity index (χ0) is 11.5. The van der Waals surface area contributed by atoms with Gasteiger partial charge in [-0.05, 0) is 31.9 Å². The van der Waals surface area contributed by atoms with E-state index >= 15 is 0 Å². The van der Waals surface area contributed by atoms with Gasteiger partial charge in [-0.25, -0.2) is 0 Å². The maximum atomic E-state index is 12.2. The van der Waals surface area contributed by atoms with Gasteiger partial charge in [-0.15, -0.1) is 0 Å². The largest absolute Gasteiger partial charge is 0.334 e. The van der Waals surface area contributed by atoms with Crippen LogP contribution in [0.1, 0.15) is 28.8 Å². The van der Waals surface area contributed by atoms with Crippen LogP contribution in [0.5, 0.6) is 0 Å². The molecule has 1 aromatic rings. The lowest BCUT2D eigenvalue weighted by Gasteiger charge is -2.23. The number of benzene rings is 1. The van der Waals surface area contributed by atoms with Crippen LogP contribution in [-0.4, -0.2) is 29.9 Å². The van der Waals surface area contributed by atoms with Crippen LogP contribution in [-0.2, 0) is 0 Å². The average Bonchev–Trinajstić information content (AvgIpc) is 2.76. The molecular formula is C13H18N2O. The first-order valence-electron chi connectivity index (χ1n) is 5.80. The molecule has 1 amide bonds. The van der Waals surface area contributed by atoms with Crippen molar-refractivity contribution >= 4 is 5.91 Å². The second-order valence-electron chi connectivity index (χ2n) is 4.40. The number of nitrogens with two attached hydrogens (primary N) is 1. The lowest BCUT2D eigenvalue weighted by molar-refractivity contribution is 0.0741. The van der Waals surface area contributed by atoms with Crippen molar-refractivity contribution in [3.63, 3.8) is 0 Å². The van der Waals surface area contributed by atoms with Crippen molar-refractivity contribution in [2.24, 2.45) is 5.73 Å². The first kappa shape index (κ1) is 11.1. The summed E-state index contributed by atoms with van der Waals surface area (Å²) in [5.74, 6) is 0.122. The molecule has 0 aliphatic carbocycles. The van der Waals surface area contributed by atoms with Crippen LogP contribution in [0.3, 0.4) is 0 Å². The van der Waals surface area contributed by atoms with Crippen molar-refractivity contribution in [2.75, 3.05) is 13.1 Å². The number of nitrogens with zero attached hydrogens (tertiary/aromatic N) is 1. The lowest BCUT2D eigenvalue weighted by atomic mass is 10.1. The van der Waals surface area contributed by atoms with Gasteiger partial charge in [0.1, 0.15) is 0 Å². The van der Waals surface area contributed by atoms with Crippen molar-refractivity contribution in [3.05, 3.63) is 35.4 Å². The molecule has 0 aromatic heterocycles. The van der Waals surface area contributed by atoms with Crippen molar-refractivity contribution < 1.29 is 4.79 Å². The van der Waals surface area contributed by atoms with E-state index < -0.39 is 0 Å². The Morgan fingerprint density at radius 1 is 1.56 bits per heavy atom. The van der Waals surface area contributed by atoms with E-state index in [-0.39, 0.29) is 11.9 Å². The molecule has 3 heteroatoms. The Kier molecular flexibility index (Phi) is 3.25. The summed E-state index contributed by atoms with van der Waals surface area (Å²) < 4.78 is 0. The summed E-state index contributed by atoms with van der Waals surface area (Å²) in [7, 11) is 0. The number of carbonyl (C=O) groups is 1. The van der Waals surface area contributed by atoms with Crippen LogP contribution in [0.2, 0.25) is 0 Å². The second kappa shape index (κ2) is 4.66. The van der Waals surface area contributed by atoms with E-state index in [9.17, 15) is 4.79 Å². The summed E-state index contributed by atoms with van der Waals surface area (Å²) in [6, 6.07) is 7.97. The molecule has 1 heterocycles. The van der Waals surface area contributed by atoms with Crippen LogP contribution < -0.4 is 5.73 Å². The molecule has 2 rings (SSSR count). The van der Waals surface area contributed by atoms with Gasteiger partial charge in [0.25, 0.3) is 5.91 Å². The fourth-order valence-corrected chi connectivity index (χ4v) is 2.29. The van der Waals surface area contributed by atoms with Gasteiger partial charge in [-0.1, -0.05) is 17.7 Å².